The van der Waals surface area contributed by atoms with Crippen LogP contribution in [0.25, 0.3) is 11.3 Å². The highest BCUT2D eigenvalue weighted by molar-refractivity contribution is 9.10. The van der Waals surface area contributed by atoms with Crippen molar-refractivity contribution in [1.29, 1.82) is 0 Å². The summed E-state index contributed by atoms with van der Waals surface area (Å²) in [4.78, 5) is 14.3. The fourth-order valence-electron chi connectivity index (χ4n) is 1.61. The predicted molar refractivity (Wildman–Crippen MR) is 74.8 cm³/mol. The molecule has 0 spiro atoms. The lowest BCUT2D eigenvalue weighted by molar-refractivity contribution is -0.141. The first-order valence-electron chi connectivity index (χ1n) is 5.23. The molecule has 4 nitrogen and oxygen atoms in total. The lowest BCUT2D eigenvalue weighted by atomic mass is 10.2. The summed E-state index contributed by atoms with van der Waals surface area (Å²) in [7, 11) is 1.36. The molecule has 0 aliphatic rings. The van der Waals surface area contributed by atoms with Gasteiger partial charge in [0.15, 0.2) is 4.77 Å². The number of hydrogen-bond donors (Lipinski definition) is 1. The molecule has 0 saturated heterocycles. The van der Waals surface area contributed by atoms with Gasteiger partial charge in [0, 0.05) is 10.7 Å². The van der Waals surface area contributed by atoms with E-state index in [1.165, 1.54) is 7.11 Å². The highest BCUT2D eigenvalue weighted by Gasteiger charge is 2.10. The number of esters is 1. The number of halogens is 1. The van der Waals surface area contributed by atoms with Crippen molar-refractivity contribution in [2.75, 3.05) is 7.11 Å². The van der Waals surface area contributed by atoms with Crippen molar-refractivity contribution in [3.8, 4) is 11.3 Å². The summed E-state index contributed by atoms with van der Waals surface area (Å²) in [6.45, 7) is 0.101. The Morgan fingerprint density at radius 1 is 1.44 bits per heavy atom. The number of ether oxygens (including phenoxy) is 1. The zero-order valence-corrected chi connectivity index (χ0v) is 12.0. The maximum atomic E-state index is 11.4. The number of nitrogens with one attached hydrogen (secondary N) is 1. The average Bonchev–Trinajstić information content (AvgIpc) is 2.72. The molecule has 1 aromatic carbocycles. The second-order valence-corrected chi connectivity index (χ2v) is 4.95. The lowest BCUT2D eigenvalue weighted by Gasteiger charge is -2.07. The molecule has 6 heteroatoms. The number of methoxy groups -OCH3 is 1. The zero-order valence-electron chi connectivity index (χ0n) is 9.64. The molecule has 0 atom stereocenters. The molecule has 0 radical (unpaired) electrons. The number of H-pyrrole nitrogens is 1. The van der Waals surface area contributed by atoms with E-state index in [1.54, 1.807) is 10.8 Å². The maximum Gasteiger partial charge on any atom is 0.325 e. The summed E-state index contributed by atoms with van der Waals surface area (Å²) in [5.41, 5.74) is 1.84. The molecular formula is C12H11BrN2O2S. The fraction of sp³-hybridized carbons (Fsp3) is 0.167. The molecule has 0 fully saturated rings. The molecule has 0 bridgehead atoms. The van der Waals surface area contributed by atoms with Crippen LogP contribution in [0.4, 0.5) is 0 Å². The molecule has 94 valence electrons. The van der Waals surface area contributed by atoms with Crippen LogP contribution in [0.1, 0.15) is 0 Å². The molecule has 2 aromatic rings. The second-order valence-electron chi connectivity index (χ2n) is 3.65. The smallest absolute Gasteiger partial charge is 0.325 e. The van der Waals surface area contributed by atoms with E-state index < -0.39 is 0 Å². The van der Waals surface area contributed by atoms with Crippen LogP contribution in [0.2, 0.25) is 0 Å². The van der Waals surface area contributed by atoms with Crippen molar-refractivity contribution in [1.82, 2.24) is 9.55 Å². The van der Waals surface area contributed by atoms with E-state index in [2.05, 4.69) is 25.7 Å². The molecule has 0 saturated carbocycles. The first kappa shape index (κ1) is 13.0. The Morgan fingerprint density at radius 2 is 2.11 bits per heavy atom. The van der Waals surface area contributed by atoms with Crippen molar-refractivity contribution in [2.24, 2.45) is 0 Å². The topological polar surface area (TPSA) is 47.0 Å². The minimum Gasteiger partial charge on any atom is -0.468 e. The van der Waals surface area contributed by atoms with Gasteiger partial charge in [0.1, 0.15) is 6.54 Å². The number of hydrogen-bond acceptors (Lipinski definition) is 3. The van der Waals surface area contributed by atoms with Gasteiger partial charge in [0.05, 0.1) is 12.8 Å². The minimum atomic E-state index is -0.330. The summed E-state index contributed by atoms with van der Waals surface area (Å²) in [5.74, 6) is -0.330. The van der Waals surface area contributed by atoms with Gasteiger partial charge in [-0.15, -0.1) is 0 Å². The van der Waals surface area contributed by atoms with E-state index in [0.29, 0.717) is 4.77 Å². The Kier molecular flexibility index (Phi) is 3.98. The van der Waals surface area contributed by atoms with E-state index in [4.69, 9.17) is 12.2 Å². The standard InChI is InChI=1S/C12H11BrN2O2S/c1-17-11(16)7-15-10(6-14-12(15)18)8-2-4-9(13)5-3-8/h2-6H,7H2,1H3,(H,14,18). The number of imidazole rings is 1. The normalized spacial score (nSPS) is 10.3. The molecule has 0 amide bonds. The van der Waals surface area contributed by atoms with Crippen molar-refractivity contribution in [3.05, 3.63) is 39.7 Å². The molecule has 1 heterocycles. The molecule has 1 N–H and O–H groups in total. The Labute approximate surface area is 118 Å². The van der Waals surface area contributed by atoms with E-state index in [-0.39, 0.29) is 12.5 Å². The minimum absolute atomic E-state index is 0.101. The quantitative estimate of drug-likeness (QED) is 0.696. The van der Waals surface area contributed by atoms with Crippen LogP contribution in [0, 0.1) is 4.77 Å². The third-order valence-corrected chi connectivity index (χ3v) is 3.39. The number of aromatic nitrogens is 2. The Hall–Kier alpha value is -1.40. The maximum absolute atomic E-state index is 11.4. The van der Waals surface area contributed by atoms with Crippen molar-refractivity contribution >= 4 is 34.1 Å². The van der Waals surface area contributed by atoms with Gasteiger partial charge < -0.3 is 14.3 Å². The van der Waals surface area contributed by atoms with Crippen LogP contribution in [0.3, 0.4) is 0 Å². The third-order valence-electron chi connectivity index (χ3n) is 2.52. The summed E-state index contributed by atoms with van der Waals surface area (Å²) >= 11 is 8.54. The molecule has 0 unspecified atom stereocenters. The molecular weight excluding hydrogens is 316 g/mol. The van der Waals surface area contributed by atoms with Crippen LogP contribution in [0.5, 0.6) is 0 Å². The number of rotatable bonds is 3. The largest absolute Gasteiger partial charge is 0.468 e. The van der Waals surface area contributed by atoms with Gasteiger partial charge in [0.25, 0.3) is 0 Å². The first-order chi connectivity index (χ1) is 8.61. The summed E-state index contributed by atoms with van der Waals surface area (Å²) in [6.07, 6.45) is 1.79. The van der Waals surface area contributed by atoms with Crippen molar-refractivity contribution in [3.63, 3.8) is 0 Å². The van der Waals surface area contributed by atoms with E-state index in [1.807, 2.05) is 24.3 Å². The van der Waals surface area contributed by atoms with Crippen LogP contribution in [-0.4, -0.2) is 22.6 Å². The third kappa shape index (κ3) is 2.70. The van der Waals surface area contributed by atoms with E-state index in [0.717, 1.165) is 15.7 Å². The van der Waals surface area contributed by atoms with Crippen LogP contribution >= 0.6 is 28.1 Å². The summed E-state index contributed by atoms with van der Waals surface area (Å²) < 4.78 is 7.87. The molecule has 2 rings (SSSR count). The first-order valence-corrected chi connectivity index (χ1v) is 6.43. The van der Waals surface area contributed by atoms with Crippen molar-refractivity contribution < 1.29 is 9.53 Å². The van der Waals surface area contributed by atoms with Crippen LogP contribution in [-0.2, 0) is 16.1 Å². The highest BCUT2D eigenvalue weighted by atomic mass is 79.9. The number of aromatic amines is 1. The number of carbonyl (C=O) groups is 1. The second kappa shape index (κ2) is 5.49. The van der Waals surface area contributed by atoms with Gasteiger partial charge in [0.2, 0.25) is 0 Å². The van der Waals surface area contributed by atoms with Gasteiger partial charge in [-0.3, -0.25) is 4.79 Å². The van der Waals surface area contributed by atoms with Gasteiger partial charge in [-0.05, 0) is 29.9 Å². The summed E-state index contributed by atoms with van der Waals surface area (Å²) in [6, 6.07) is 7.79. The monoisotopic (exact) mass is 326 g/mol. The molecule has 18 heavy (non-hydrogen) atoms. The van der Waals surface area contributed by atoms with Gasteiger partial charge in [-0.2, -0.15) is 0 Å². The molecule has 1 aromatic heterocycles. The Morgan fingerprint density at radius 3 is 2.72 bits per heavy atom. The number of nitrogens with zero attached hydrogens (tertiary/aromatic N) is 1. The number of benzene rings is 1. The van der Waals surface area contributed by atoms with Crippen molar-refractivity contribution in [2.45, 2.75) is 6.54 Å². The average molecular weight is 327 g/mol. The Bertz CT molecular complexity index is 616. The number of carbonyl (C=O) groups excluding carboxylic acids is 1. The molecule has 0 aliphatic carbocycles. The van der Waals surface area contributed by atoms with E-state index in [9.17, 15) is 4.79 Å². The fourth-order valence-corrected chi connectivity index (χ4v) is 2.09. The molecule has 0 aliphatic heterocycles. The van der Waals surface area contributed by atoms with E-state index >= 15 is 0 Å². The summed E-state index contributed by atoms with van der Waals surface area (Å²) in [5, 5.41) is 0. The predicted octanol–water partition coefficient (Wildman–Crippen LogP) is 3.15. The van der Waals surface area contributed by atoms with Gasteiger partial charge >= 0.3 is 5.97 Å². The van der Waals surface area contributed by atoms with Gasteiger partial charge in [-0.1, -0.05) is 28.1 Å². The van der Waals surface area contributed by atoms with Gasteiger partial charge in [-0.25, -0.2) is 0 Å². The SMILES string of the molecule is COC(=O)Cn1c(-c2ccc(Br)cc2)c[nH]c1=S. The zero-order chi connectivity index (χ0) is 13.1. The van der Waals surface area contributed by atoms with Crippen LogP contribution < -0.4 is 0 Å². The van der Waals surface area contributed by atoms with Crippen LogP contribution in [0.15, 0.2) is 34.9 Å². The Balaban J connectivity index is 2.42. The highest BCUT2D eigenvalue weighted by Crippen LogP contribution is 2.22. The lowest BCUT2D eigenvalue weighted by Crippen LogP contribution is -2.12.